The summed E-state index contributed by atoms with van der Waals surface area (Å²) in [5.41, 5.74) is 2.53. The van der Waals surface area contributed by atoms with Crippen molar-refractivity contribution < 1.29 is 9.31 Å². The van der Waals surface area contributed by atoms with Crippen LogP contribution in [0.2, 0.25) is 5.82 Å². The summed E-state index contributed by atoms with van der Waals surface area (Å²) in [7, 11) is -0.0571. The highest BCUT2D eigenvalue weighted by Crippen LogP contribution is 2.43. The first-order chi connectivity index (χ1) is 8.89. The minimum Gasteiger partial charge on any atom is -0.403 e. The van der Waals surface area contributed by atoms with E-state index in [1.165, 1.54) is 11.1 Å². The van der Waals surface area contributed by atoms with Gasteiger partial charge >= 0.3 is 7.12 Å². The fourth-order valence-corrected chi connectivity index (χ4v) is 3.04. The van der Waals surface area contributed by atoms with Gasteiger partial charge in [0.1, 0.15) is 0 Å². The van der Waals surface area contributed by atoms with Crippen LogP contribution < -0.4 is 0 Å². The zero-order valence-corrected chi connectivity index (χ0v) is 12.4. The third kappa shape index (κ3) is 2.23. The molecule has 2 nitrogen and oxygen atoms in total. The van der Waals surface area contributed by atoms with Crippen LogP contribution in [0, 0.1) is 0 Å². The predicted octanol–water partition coefficient (Wildman–Crippen LogP) is 3.64. The summed E-state index contributed by atoms with van der Waals surface area (Å²) in [5, 5.41) is 0. The van der Waals surface area contributed by atoms with E-state index < -0.39 is 0 Å². The molecule has 1 aliphatic heterocycles. The van der Waals surface area contributed by atoms with Gasteiger partial charge in [-0.25, -0.2) is 0 Å². The Morgan fingerprint density at radius 3 is 2.21 bits per heavy atom. The van der Waals surface area contributed by atoms with Crippen molar-refractivity contribution in [3.8, 4) is 0 Å². The standard InChI is InChI=1S/C16H23BO2/c1-15(2)16(3,4)19-17(18-15)14-10-9-12-7-5-6-8-13(12)11-14/h5-8,14H,9-11H2,1-4H3/t14-/m1/s1. The highest BCUT2D eigenvalue weighted by atomic mass is 16.7. The largest absolute Gasteiger partial charge is 0.461 e. The number of hydrogen-bond donors (Lipinski definition) is 0. The Bertz CT molecular complexity index is 465. The molecule has 102 valence electrons. The number of aryl methyl sites for hydroxylation is 1. The molecule has 19 heavy (non-hydrogen) atoms. The first-order valence-electron chi connectivity index (χ1n) is 7.31. The van der Waals surface area contributed by atoms with Gasteiger partial charge in [-0.2, -0.15) is 0 Å². The van der Waals surface area contributed by atoms with Crippen molar-refractivity contribution in [2.75, 3.05) is 0 Å². The van der Waals surface area contributed by atoms with Gasteiger partial charge in [0, 0.05) is 0 Å². The van der Waals surface area contributed by atoms with E-state index in [1.54, 1.807) is 0 Å². The highest BCUT2D eigenvalue weighted by molar-refractivity contribution is 6.47. The number of hydrogen-bond acceptors (Lipinski definition) is 2. The molecular weight excluding hydrogens is 235 g/mol. The molecule has 0 unspecified atom stereocenters. The lowest BCUT2D eigenvalue weighted by Crippen LogP contribution is -2.41. The molecule has 2 aliphatic rings. The molecule has 0 amide bonds. The van der Waals surface area contributed by atoms with E-state index in [2.05, 4.69) is 52.0 Å². The number of fused-ring (bicyclic) bond motifs is 1. The third-order valence-corrected chi connectivity index (χ3v) is 5.04. The van der Waals surface area contributed by atoms with Gasteiger partial charge in [-0.3, -0.25) is 0 Å². The third-order valence-electron chi connectivity index (χ3n) is 5.04. The maximum Gasteiger partial charge on any atom is 0.461 e. The van der Waals surface area contributed by atoms with Gasteiger partial charge in [-0.05, 0) is 63.9 Å². The summed E-state index contributed by atoms with van der Waals surface area (Å²) in [6, 6.07) is 8.75. The Balaban J connectivity index is 1.77. The van der Waals surface area contributed by atoms with E-state index in [9.17, 15) is 0 Å². The van der Waals surface area contributed by atoms with Gasteiger partial charge in [0.05, 0.1) is 11.2 Å². The smallest absolute Gasteiger partial charge is 0.403 e. The van der Waals surface area contributed by atoms with Crippen molar-refractivity contribution in [1.82, 2.24) is 0 Å². The first kappa shape index (κ1) is 13.2. The maximum absolute atomic E-state index is 6.20. The average molecular weight is 258 g/mol. The van der Waals surface area contributed by atoms with Crippen molar-refractivity contribution in [1.29, 1.82) is 0 Å². The molecule has 0 saturated carbocycles. The zero-order chi connectivity index (χ0) is 13.7. The van der Waals surface area contributed by atoms with Crippen LogP contribution >= 0.6 is 0 Å². The molecule has 0 N–H and O–H groups in total. The van der Waals surface area contributed by atoms with Crippen molar-refractivity contribution in [3.63, 3.8) is 0 Å². The number of benzene rings is 1. The molecule has 1 aliphatic carbocycles. The van der Waals surface area contributed by atoms with E-state index in [0.29, 0.717) is 5.82 Å². The highest BCUT2D eigenvalue weighted by Gasteiger charge is 2.53. The lowest BCUT2D eigenvalue weighted by atomic mass is 9.63. The van der Waals surface area contributed by atoms with Crippen LogP contribution in [0.4, 0.5) is 0 Å². The van der Waals surface area contributed by atoms with E-state index in [4.69, 9.17) is 9.31 Å². The second-order valence-electron chi connectivity index (χ2n) is 6.90. The minimum absolute atomic E-state index is 0.0571. The lowest BCUT2D eigenvalue weighted by molar-refractivity contribution is 0.00578. The molecule has 3 rings (SSSR count). The predicted molar refractivity (Wildman–Crippen MR) is 78.3 cm³/mol. The van der Waals surface area contributed by atoms with Crippen molar-refractivity contribution in [2.24, 2.45) is 0 Å². The Kier molecular flexibility index (Phi) is 3.03. The van der Waals surface area contributed by atoms with Crippen LogP contribution in [0.25, 0.3) is 0 Å². The Labute approximate surface area is 116 Å². The molecule has 1 heterocycles. The fraction of sp³-hybridized carbons (Fsp3) is 0.625. The molecule has 1 aromatic rings. The van der Waals surface area contributed by atoms with Crippen LogP contribution in [0.1, 0.15) is 45.2 Å². The van der Waals surface area contributed by atoms with Gasteiger partial charge in [0.2, 0.25) is 0 Å². The molecule has 0 spiro atoms. The van der Waals surface area contributed by atoms with E-state index in [1.807, 2.05) is 0 Å². The van der Waals surface area contributed by atoms with Gasteiger partial charge in [-0.15, -0.1) is 0 Å². The van der Waals surface area contributed by atoms with Crippen LogP contribution in [-0.2, 0) is 22.2 Å². The second-order valence-corrected chi connectivity index (χ2v) is 6.90. The monoisotopic (exact) mass is 258 g/mol. The van der Waals surface area contributed by atoms with Crippen LogP contribution in [0.3, 0.4) is 0 Å². The van der Waals surface area contributed by atoms with Gasteiger partial charge in [0.25, 0.3) is 0 Å². The normalized spacial score (nSPS) is 28.2. The molecule has 1 fully saturated rings. The van der Waals surface area contributed by atoms with Crippen LogP contribution in [0.15, 0.2) is 24.3 Å². The first-order valence-corrected chi connectivity index (χ1v) is 7.31. The molecule has 1 atom stereocenters. The second kappa shape index (κ2) is 4.36. The SMILES string of the molecule is CC1(C)OB([C@@H]2CCc3ccccc3C2)OC1(C)C. The quantitative estimate of drug-likeness (QED) is 0.716. The molecule has 0 bridgehead atoms. The number of rotatable bonds is 1. The lowest BCUT2D eigenvalue weighted by Gasteiger charge is -2.32. The minimum atomic E-state index is -0.214. The van der Waals surface area contributed by atoms with Crippen LogP contribution in [-0.4, -0.2) is 18.3 Å². The maximum atomic E-state index is 6.20. The summed E-state index contributed by atoms with van der Waals surface area (Å²) >= 11 is 0. The molecule has 3 heteroatoms. The van der Waals surface area contributed by atoms with Gasteiger partial charge in [0.15, 0.2) is 0 Å². The Morgan fingerprint density at radius 1 is 1.00 bits per heavy atom. The Hall–Kier alpha value is -0.795. The molecule has 1 saturated heterocycles. The topological polar surface area (TPSA) is 18.5 Å². The average Bonchev–Trinajstić information content (AvgIpc) is 2.58. The summed E-state index contributed by atoms with van der Waals surface area (Å²) in [4.78, 5) is 0. The van der Waals surface area contributed by atoms with Crippen molar-refractivity contribution in [3.05, 3.63) is 35.4 Å². The van der Waals surface area contributed by atoms with Crippen molar-refractivity contribution in [2.45, 2.75) is 64.0 Å². The summed E-state index contributed by atoms with van der Waals surface area (Å²) in [5.74, 6) is 0.482. The fourth-order valence-electron chi connectivity index (χ4n) is 3.04. The van der Waals surface area contributed by atoms with E-state index >= 15 is 0 Å². The summed E-state index contributed by atoms with van der Waals surface area (Å²) in [6.45, 7) is 8.51. The van der Waals surface area contributed by atoms with Gasteiger partial charge < -0.3 is 9.31 Å². The zero-order valence-electron chi connectivity index (χ0n) is 12.4. The summed E-state index contributed by atoms with van der Waals surface area (Å²) < 4.78 is 12.4. The van der Waals surface area contributed by atoms with Crippen molar-refractivity contribution >= 4 is 7.12 Å². The molecule has 0 aromatic heterocycles. The molecular formula is C16H23BO2. The summed E-state index contributed by atoms with van der Waals surface area (Å²) in [6.07, 6.45) is 3.38. The van der Waals surface area contributed by atoms with E-state index in [-0.39, 0.29) is 18.3 Å². The molecule has 0 radical (unpaired) electrons. The van der Waals surface area contributed by atoms with Gasteiger partial charge in [-0.1, -0.05) is 24.3 Å². The Morgan fingerprint density at radius 2 is 1.58 bits per heavy atom. The van der Waals surface area contributed by atoms with E-state index in [0.717, 1.165) is 19.3 Å². The molecule has 1 aromatic carbocycles. The van der Waals surface area contributed by atoms with Crippen LogP contribution in [0.5, 0.6) is 0 Å².